The van der Waals surface area contributed by atoms with Crippen LogP contribution >= 0.6 is 11.8 Å². The second kappa shape index (κ2) is 18.5. The monoisotopic (exact) mass is 559 g/mol. The molecule has 0 spiro atoms. The third-order valence-corrected chi connectivity index (χ3v) is 7.20. The standard InChI is InChI=1S/C18H35NO10S3.K/c1-31(24)11-9-7-5-3-2-4-6-8-10-14(19-29-32(25,26)27)30-18-17(23)16(22)15(21)13(12-20)28-18;/h13,15-18,20-23H,2-12H2,1H3,(H,25,26,27);/q;+1/p-1/b19-14+;/t13-,15-,16+,17-,18+,31?;/m1./s1. The second-order valence-electron chi connectivity index (χ2n) is 7.64. The summed E-state index contributed by atoms with van der Waals surface area (Å²) in [4.78, 5) is 0. The molecule has 190 valence electrons. The molecular formula is C18H34KNO10S3. The first-order chi connectivity index (χ1) is 15.0. The van der Waals surface area contributed by atoms with Gasteiger partial charge in [0.1, 0.15) is 34.9 Å². The van der Waals surface area contributed by atoms with Crippen molar-refractivity contribution in [3.63, 3.8) is 0 Å². The van der Waals surface area contributed by atoms with Crippen LogP contribution in [0.1, 0.15) is 57.8 Å². The molecule has 1 aliphatic heterocycles. The number of thioether (sulfide) groups is 1. The number of unbranched alkanes of at least 4 members (excludes halogenated alkanes) is 7. The molecule has 0 aliphatic carbocycles. The number of ether oxygens (including phenoxy) is 1. The predicted octanol–water partition coefficient (Wildman–Crippen LogP) is -2.80. The summed E-state index contributed by atoms with van der Waals surface area (Å²) >= 11 is 0.761. The third-order valence-electron chi connectivity index (χ3n) is 4.90. The van der Waals surface area contributed by atoms with Crippen molar-refractivity contribution in [1.29, 1.82) is 0 Å². The summed E-state index contributed by atoms with van der Waals surface area (Å²) in [6, 6.07) is 0. The van der Waals surface area contributed by atoms with E-state index in [1.54, 1.807) is 6.26 Å². The van der Waals surface area contributed by atoms with Crippen LogP contribution in [0.2, 0.25) is 0 Å². The van der Waals surface area contributed by atoms with Crippen molar-refractivity contribution >= 4 is 38.0 Å². The van der Waals surface area contributed by atoms with Gasteiger partial charge in [0.2, 0.25) is 0 Å². The Kier molecular flexibility index (Phi) is 19.3. The number of hydrogen-bond donors (Lipinski definition) is 4. The summed E-state index contributed by atoms with van der Waals surface area (Å²) in [7, 11) is -5.81. The Hall–Kier alpha value is 1.32. The maximum Gasteiger partial charge on any atom is 1.00 e. The van der Waals surface area contributed by atoms with E-state index < -0.39 is 57.7 Å². The zero-order valence-corrected chi connectivity index (χ0v) is 24.6. The molecule has 0 radical (unpaired) electrons. The van der Waals surface area contributed by atoms with Gasteiger partial charge < -0.3 is 29.7 Å². The van der Waals surface area contributed by atoms with Crippen LogP contribution < -0.4 is 51.4 Å². The molecule has 1 unspecified atom stereocenters. The van der Waals surface area contributed by atoms with Crippen molar-refractivity contribution in [3.8, 4) is 0 Å². The molecule has 4 N–H and O–H groups in total. The average Bonchev–Trinajstić information content (AvgIpc) is 2.72. The van der Waals surface area contributed by atoms with Crippen molar-refractivity contribution in [2.75, 3.05) is 18.6 Å². The van der Waals surface area contributed by atoms with E-state index in [9.17, 15) is 37.6 Å². The van der Waals surface area contributed by atoms with Gasteiger partial charge in [-0.15, -0.1) is 0 Å². The molecule has 0 aromatic carbocycles. The van der Waals surface area contributed by atoms with Gasteiger partial charge in [-0.25, -0.2) is 0 Å². The van der Waals surface area contributed by atoms with E-state index in [1.165, 1.54) is 0 Å². The van der Waals surface area contributed by atoms with Crippen LogP contribution in [0.15, 0.2) is 5.16 Å². The molecule has 1 fully saturated rings. The predicted molar refractivity (Wildman–Crippen MR) is 120 cm³/mol. The molecule has 0 aromatic rings. The number of aliphatic hydroxyl groups is 4. The molecule has 0 amide bonds. The summed E-state index contributed by atoms with van der Waals surface area (Å²) in [5.74, 6) is 0.732. The average molecular weight is 560 g/mol. The summed E-state index contributed by atoms with van der Waals surface area (Å²) in [6.45, 7) is -0.601. The molecule has 15 heteroatoms. The van der Waals surface area contributed by atoms with Crippen LogP contribution in [0.5, 0.6) is 0 Å². The summed E-state index contributed by atoms with van der Waals surface area (Å²) in [6.07, 6.45) is 3.74. The van der Waals surface area contributed by atoms with E-state index in [2.05, 4.69) is 9.44 Å². The molecular weight excluding hydrogens is 525 g/mol. The van der Waals surface area contributed by atoms with Gasteiger partial charge in [0, 0.05) is 22.8 Å². The van der Waals surface area contributed by atoms with Crippen LogP contribution in [0, 0.1) is 0 Å². The van der Waals surface area contributed by atoms with Gasteiger partial charge in [-0.05, 0) is 19.3 Å². The molecule has 0 aromatic heterocycles. The van der Waals surface area contributed by atoms with E-state index in [-0.39, 0.29) is 62.8 Å². The first-order valence-corrected chi connectivity index (χ1v) is 14.5. The van der Waals surface area contributed by atoms with E-state index in [1.807, 2.05) is 0 Å². The Morgan fingerprint density at radius 2 is 1.58 bits per heavy atom. The van der Waals surface area contributed by atoms with Crippen molar-refractivity contribution in [2.24, 2.45) is 5.16 Å². The number of nitrogens with zero attached hydrogens (tertiary/aromatic N) is 1. The van der Waals surface area contributed by atoms with Gasteiger partial charge in [-0.1, -0.05) is 55.4 Å². The molecule has 0 bridgehead atoms. The fourth-order valence-electron chi connectivity index (χ4n) is 3.15. The zero-order chi connectivity index (χ0) is 24.1. The molecule has 1 saturated heterocycles. The maximum atomic E-state index is 11.0. The van der Waals surface area contributed by atoms with Gasteiger partial charge in [-0.2, -0.15) is 8.42 Å². The number of rotatable bonds is 15. The fourth-order valence-corrected chi connectivity index (χ4v) is 5.10. The van der Waals surface area contributed by atoms with Gasteiger partial charge in [0.25, 0.3) is 10.4 Å². The summed E-state index contributed by atoms with van der Waals surface area (Å²) in [5.41, 5.74) is -1.15. The van der Waals surface area contributed by atoms with Gasteiger partial charge in [-0.3, -0.25) is 8.49 Å². The SMILES string of the molecule is CS(=O)CCCCCCCCCC/C(=N\OS(=O)(=O)[O-])S[C@@H]1O[C@H](CO)[C@@H](O)[C@H](O)[C@H]1O.[K+]. The Bertz CT molecular complexity index is 695. The summed E-state index contributed by atoms with van der Waals surface area (Å²) < 4.78 is 52.6. The molecule has 1 aliphatic rings. The Balaban J connectivity index is 0.0000102. The van der Waals surface area contributed by atoms with Crippen molar-refractivity contribution in [2.45, 2.75) is 87.6 Å². The third kappa shape index (κ3) is 15.2. The van der Waals surface area contributed by atoms with E-state index in [0.29, 0.717) is 6.42 Å². The van der Waals surface area contributed by atoms with Crippen molar-refractivity contribution < 1.29 is 98.0 Å². The first-order valence-electron chi connectivity index (χ1n) is 10.5. The van der Waals surface area contributed by atoms with Crippen LogP contribution in [-0.2, 0) is 30.2 Å². The molecule has 11 nitrogen and oxygen atoms in total. The van der Waals surface area contributed by atoms with Crippen molar-refractivity contribution in [3.05, 3.63) is 0 Å². The smallest absolute Gasteiger partial charge is 0.714 e. The van der Waals surface area contributed by atoms with Gasteiger partial charge in [0.05, 0.1) is 6.61 Å². The number of aliphatic hydroxyl groups excluding tert-OH is 4. The van der Waals surface area contributed by atoms with Gasteiger partial charge in [0.15, 0.2) is 0 Å². The largest absolute Gasteiger partial charge is 1.00 e. The quantitative estimate of drug-likeness (QED) is 0.0309. The van der Waals surface area contributed by atoms with Crippen LogP contribution in [-0.4, -0.2) is 91.1 Å². The Labute approximate surface area is 244 Å². The number of oxime groups is 1. The number of hydrogen-bond acceptors (Lipinski definition) is 12. The van der Waals surface area contributed by atoms with Crippen LogP contribution in [0.3, 0.4) is 0 Å². The minimum atomic E-state index is -5.07. The Morgan fingerprint density at radius 3 is 2.09 bits per heavy atom. The molecule has 6 atom stereocenters. The van der Waals surface area contributed by atoms with Gasteiger partial charge >= 0.3 is 51.4 Å². The summed E-state index contributed by atoms with van der Waals surface area (Å²) in [5, 5.41) is 42.5. The van der Waals surface area contributed by atoms with Crippen molar-refractivity contribution in [1.82, 2.24) is 0 Å². The maximum absolute atomic E-state index is 11.0. The first kappa shape index (κ1) is 34.3. The molecule has 1 rings (SSSR count). The molecule has 0 saturated carbocycles. The minimum Gasteiger partial charge on any atom is -0.714 e. The normalized spacial score (nSPS) is 27.1. The van der Waals surface area contributed by atoms with Crippen LogP contribution in [0.25, 0.3) is 0 Å². The minimum absolute atomic E-state index is 0. The van der Waals surface area contributed by atoms with E-state index in [0.717, 1.165) is 62.5 Å². The second-order valence-corrected chi connectivity index (χ2v) is 11.3. The van der Waals surface area contributed by atoms with Crippen LogP contribution in [0.4, 0.5) is 0 Å². The zero-order valence-electron chi connectivity index (χ0n) is 19.1. The molecule has 33 heavy (non-hydrogen) atoms. The fraction of sp³-hybridized carbons (Fsp3) is 0.944. The van der Waals surface area contributed by atoms with E-state index in [4.69, 9.17) is 4.74 Å². The topological polar surface area (TPSA) is 186 Å². The Morgan fingerprint density at radius 1 is 1.03 bits per heavy atom. The van der Waals surface area contributed by atoms with E-state index >= 15 is 0 Å². The molecule has 1 heterocycles.